The van der Waals surface area contributed by atoms with E-state index in [9.17, 15) is 0 Å². The number of hydrogen-bond donors (Lipinski definition) is 2. The molecule has 0 aliphatic rings. The lowest BCUT2D eigenvalue weighted by molar-refractivity contribution is 0.318. The number of hydrogen-bond acceptors (Lipinski definition) is 2. The lowest BCUT2D eigenvalue weighted by atomic mass is 10.0. The highest BCUT2D eigenvalue weighted by molar-refractivity contribution is 5.85. The molecule has 0 aliphatic carbocycles. The summed E-state index contributed by atoms with van der Waals surface area (Å²) in [6.45, 7) is 4.96. The van der Waals surface area contributed by atoms with E-state index >= 15 is 0 Å². The Morgan fingerprint density at radius 3 is 2.88 bits per heavy atom. The van der Waals surface area contributed by atoms with Crippen LogP contribution in [0.1, 0.15) is 38.3 Å². The van der Waals surface area contributed by atoms with Crippen LogP contribution in [0, 0.1) is 0 Å². The van der Waals surface area contributed by atoms with Gasteiger partial charge in [0.25, 0.3) is 0 Å². The van der Waals surface area contributed by atoms with Crippen LogP contribution < -0.4 is 10.5 Å². The Labute approximate surface area is 102 Å². The van der Waals surface area contributed by atoms with Gasteiger partial charge in [-0.2, -0.15) is 0 Å². The monoisotopic (exact) mass is 232 g/mol. The lowest BCUT2D eigenvalue weighted by Gasteiger charge is -2.08. The first-order valence-electron chi connectivity index (χ1n) is 6.25. The third-order valence-electron chi connectivity index (χ3n) is 3.00. The van der Waals surface area contributed by atoms with Crippen molar-refractivity contribution in [2.75, 3.05) is 6.61 Å². The molecule has 0 bridgehead atoms. The van der Waals surface area contributed by atoms with Crippen molar-refractivity contribution >= 4 is 10.9 Å². The van der Waals surface area contributed by atoms with Crippen molar-refractivity contribution in [1.82, 2.24) is 4.98 Å². The molecular formula is C14H20N2O. The van der Waals surface area contributed by atoms with Gasteiger partial charge in [-0.15, -0.1) is 0 Å². The van der Waals surface area contributed by atoms with Gasteiger partial charge in [0.2, 0.25) is 0 Å². The first kappa shape index (κ1) is 12.0. The van der Waals surface area contributed by atoms with E-state index in [0.29, 0.717) is 0 Å². The van der Waals surface area contributed by atoms with E-state index in [-0.39, 0.29) is 6.04 Å². The number of H-pyrrole nitrogens is 1. The number of benzene rings is 1. The van der Waals surface area contributed by atoms with E-state index in [1.807, 2.05) is 18.3 Å². The Balaban J connectivity index is 2.36. The molecule has 3 heteroatoms. The molecule has 3 nitrogen and oxygen atoms in total. The molecule has 2 aromatic rings. The molecule has 0 unspecified atom stereocenters. The Hall–Kier alpha value is -1.48. The van der Waals surface area contributed by atoms with Crippen LogP contribution in [0.4, 0.5) is 0 Å². The van der Waals surface area contributed by atoms with Gasteiger partial charge in [0.15, 0.2) is 0 Å². The quantitative estimate of drug-likeness (QED) is 0.830. The van der Waals surface area contributed by atoms with E-state index in [1.165, 1.54) is 10.9 Å². The highest BCUT2D eigenvalue weighted by atomic mass is 16.5. The van der Waals surface area contributed by atoms with E-state index < -0.39 is 0 Å². The average Bonchev–Trinajstić information content (AvgIpc) is 2.78. The zero-order valence-electron chi connectivity index (χ0n) is 10.5. The number of fused-ring (bicyclic) bond motifs is 1. The summed E-state index contributed by atoms with van der Waals surface area (Å²) in [6, 6.07) is 6.21. The molecule has 0 radical (unpaired) electrons. The predicted molar refractivity (Wildman–Crippen MR) is 71.3 cm³/mol. The Bertz CT molecular complexity index is 490. The molecule has 17 heavy (non-hydrogen) atoms. The molecule has 0 spiro atoms. The summed E-state index contributed by atoms with van der Waals surface area (Å²) in [6.07, 6.45) is 3.96. The summed E-state index contributed by atoms with van der Waals surface area (Å²) in [5.74, 6) is 0.920. The van der Waals surface area contributed by atoms with Crippen LogP contribution >= 0.6 is 0 Å². The number of aromatic nitrogens is 1. The van der Waals surface area contributed by atoms with Gasteiger partial charge in [0, 0.05) is 23.1 Å². The largest absolute Gasteiger partial charge is 0.494 e. The zero-order chi connectivity index (χ0) is 12.3. The molecule has 0 amide bonds. The molecule has 1 aromatic heterocycles. The van der Waals surface area contributed by atoms with Gasteiger partial charge in [-0.05, 0) is 36.6 Å². The standard InChI is InChI=1S/C14H20N2O/c1-3-7-17-10-5-6-14-11(8-10)12(9-16-14)13(15)4-2/h5-6,8-9,13,16H,3-4,7,15H2,1-2H3/t13-/m1/s1. The number of nitrogens with two attached hydrogens (primary N) is 1. The minimum absolute atomic E-state index is 0.0881. The highest BCUT2D eigenvalue weighted by Crippen LogP contribution is 2.28. The third kappa shape index (κ3) is 2.44. The molecule has 2 rings (SSSR count). The lowest BCUT2D eigenvalue weighted by Crippen LogP contribution is -2.07. The normalized spacial score (nSPS) is 12.9. The number of nitrogens with one attached hydrogen (secondary N) is 1. The second kappa shape index (κ2) is 5.23. The van der Waals surface area contributed by atoms with Crippen molar-refractivity contribution in [2.24, 2.45) is 5.73 Å². The maximum Gasteiger partial charge on any atom is 0.120 e. The number of rotatable bonds is 5. The summed E-state index contributed by atoms with van der Waals surface area (Å²) < 4.78 is 5.65. The second-order valence-corrected chi connectivity index (χ2v) is 4.31. The van der Waals surface area contributed by atoms with Crippen LogP contribution in [0.15, 0.2) is 24.4 Å². The molecule has 1 atom stereocenters. The highest BCUT2D eigenvalue weighted by Gasteiger charge is 2.10. The van der Waals surface area contributed by atoms with Crippen molar-refractivity contribution in [3.8, 4) is 5.75 Å². The summed E-state index contributed by atoms with van der Waals surface area (Å²) in [7, 11) is 0. The van der Waals surface area contributed by atoms with Crippen LogP contribution in [0.3, 0.4) is 0 Å². The molecule has 1 aromatic carbocycles. The van der Waals surface area contributed by atoms with Crippen LogP contribution in [-0.4, -0.2) is 11.6 Å². The van der Waals surface area contributed by atoms with E-state index in [2.05, 4.69) is 24.9 Å². The molecular weight excluding hydrogens is 212 g/mol. The number of aromatic amines is 1. The Kier molecular flexibility index (Phi) is 3.69. The predicted octanol–water partition coefficient (Wildman–Crippen LogP) is 3.37. The molecule has 0 saturated heterocycles. The molecule has 0 saturated carbocycles. The SMILES string of the molecule is CCCOc1ccc2[nH]cc([C@H](N)CC)c2c1. The van der Waals surface area contributed by atoms with Crippen LogP contribution in [0.5, 0.6) is 5.75 Å². The van der Waals surface area contributed by atoms with Gasteiger partial charge < -0.3 is 15.5 Å². The third-order valence-corrected chi connectivity index (χ3v) is 3.00. The summed E-state index contributed by atoms with van der Waals surface area (Å²) in [4.78, 5) is 3.25. The average molecular weight is 232 g/mol. The minimum Gasteiger partial charge on any atom is -0.494 e. The summed E-state index contributed by atoms with van der Waals surface area (Å²) in [5, 5.41) is 1.17. The van der Waals surface area contributed by atoms with Crippen LogP contribution in [0.25, 0.3) is 10.9 Å². The second-order valence-electron chi connectivity index (χ2n) is 4.31. The fraction of sp³-hybridized carbons (Fsp3) is 0.429. The van der Waals surface area contributed by atoms with Crippen molar-refractivity contribution in [3.63, 3.8) is 0 Å². The molecule has 0 aliphatic heterocycles. The van der Waals surface area contributed by atoms with Crippen LogP contribution in [0.2, 0.25) is 0 Å². The number of ether oxygens (including phenoxy) is 1. The smallest absolute Gasteiger partial charge is 0.120 e. The summed E-state index contributed by atoms with van der Waals surface area (Å²) in [5.41, 5.74) is 8.38. The maximum absolute atomic E-state index is 6.09. The topological polar surface area (TPSA) is 51.0 Å². The maximum atomic E-state index is 6.09. The first-order valence-corrected chi connectivity index (χ1v) is 6.25. The zero-order valence-corrected chi connectivity index (χ0v) is 10.5. The van der Waals surface area contributed by atoms with E-state index in [4.69, 9.17) is 10.5 Å². The molecule has 3 N–H and O–H groups in total. The fourth-order valence-corrected chi connectivity index (χ4v) is 1.96. The van der Waals surface area contributed by atoms with Gasteiger partial charge in [0.05, 0.1) is 6.61 Å². The van der Waals surface area contributed by atoms with Crippen molar-refractivity contribution in [3.05, 3.63) is 30.0 Å². The Morgan fingerprint density at radius 1 is 1.35 bits per heavy atom. The van der Waals surface area contributed by atoms with E-state index in [0.717, 1.165) is 30.7 Å². The molecule has 1 heterocycles. The summed E-state index contributed by atoms with van der Waals surface area (Å²) >= 11 is 0. The van der Waals surface area contributed by atoms with Crippen molar-refractivity contribution < 1.29 is 4.74 Å². The minimum atomic E-state index is 0.0881. The van der Waals surface area contributed by atoms with Gasteiger partial charge in [-0.25, -0.2) is 0 Å². The van der Waals surface area contributed by atoms with E-state index in [1.54, 1.807) is 0 Å². The van der Waals surface area contributed by atoms with Gasteiger partial charge in [0.1, 0.15) is 5.75 Å². The Morgan fingerprint density at radius 2 is 2.18 bits per heavy atom. The van der Waals surface area contributed by atoms with Crippen LogP contribution in [-0.2, 0) is 0 Å². The van der Waals surface area contributed by atoms with Crippen molar-refractivity contribution in [1.29, 1.82) is 0 Å². The molecule has 0 fully saturated rings. The van der Waals surface area contributed by atoms with Gasteiger partial charge in [-0.1, -0.05) is 13.8 Å². The van der Waals surface area contributed by atoms with Gasteiger partial charge >= 0.3 is 0 Å². The molecule has 92 valence electrons. The first-order chi connectivity index (χ1) is 8.26. The fourth-order valence-electron chi connectivity index (χ4n) is 1.96. The van der Waals surface area contributed by atoms with Crippen molar-refractivity contribution in [2.45, 2.75) is 32.7 Å². The van der Waals surface area contributed by atoms with Gasteiger partial charge in [-0.3, -0.25) is 0 Å².